The summed E-state index contributed by atoms with van der Waals surface area (Å²) < 4.78 is 36.7. The van der Waals surface area contributed by atoms with E-state index in [0.29, 0.717) is 17.2 Å². The number of carbonyl (C=O) groups excluding carboxylic acids is 2. The van der Waals surface area contributed by atoms with Crippen LogP contribution in [-0.4, -0.2) is 64.2 Å². The first-order chi connectivity index (χ1) is 18.5. The Hall–Kier alpha value is -2.98. The zero-order chi connectivity index (χ0) is 28.6. The minimum absolute atomic E-state index is 0.0626. The number of carbonyl (C=O) groups is 2. The van der Waals surface area contributed by atoms with Crippen LogP contribution in [0.2, 0.25) is 5.02 Å². The van der Waals surface area contributed by atoms with Gasteiger partial charge in [0.1, 0.15) is 17.5 Å². The van der Waals surface area contributed by atoms with Gasteiger partial charge in [-0.2, -0.15) is 0 Å². The molecule has 0 unspecified atom stereocenters. The summed E-state index contributed by atoms with van der Waals surface area (Å²) in [5.74, 6) is 0.710. The van der Waals surface area contributed by atoms with Crippen LogP contribution in [-0.2, 0) is 26.2 Å². The third-order valence-electron chi connectivity index (χ3n) is 6.96. The summed E-state index contributed by atoms with van der Waals surface area (Å²) in [4.78, 5) is 28.1. The van der Waals surface area contributed by atoms with Gasteiger partial charge >= 0.3 is 0 Å². The third kappa shape index (κ3) is 8.50. The second-order valence-corrected chi connectivity index (χ2v) is 12.1. The molecule has 1 fully saturated rings. The molecule has 214 valence electrons. The van der Waals surface area contributed by atoms with E-state index in [0.717, 1.165) is 37.5 Å². The first-order valence-corrected chi connectivity index (χ1v) is 15.3. The number of nitrogens with zero attached hydrogens (tertiary/aromatic N) is 2. The molecule has 1 N–H and O–H groups in total. The molecule has 2 amide bonds. The summed E-state index contributed by atoms with van der Waals surface area (Å²) in [6.07, 6.45) is 5.49. The zero-order valence-electron chi connectivity index (χ0n) is 23.0. The number of rotatable bonds is 13. The second-order valence-electron chi connectivity index (χ2n) is 9.79. The van der Waals surface area contributed by atoms with Crippen molar-refractivity contribution in [2.24, 2.45) is 0 Å². The van der Waals surface area contributed by atoms with Crippen LogP contribution in [0.4, 0.5) is 5.69 Å². The Morgan fingerprint density at radius 2 is 1.74 bits per heavy atom. The normalized spacial score (nSPS) is 14.5. The number of benzene rings is 2. The molecule has 1 aliphatic carbocycles. The van der Waals surface area contributed by atoms with Gasteiger partial charge in [-0.25, -0.2) is 8.42 Å². The number of amides is 2. The number of methoxy groups -OCH3 is 2. The summed E-state index contributed by atoms with van der Waals surface area (Å²) in [6.45, 7) is 2.05. The molecule has 0 saturated heterocycles. The van der Waals surface area contributed by atoms with Crippen molar-refractivity contribution in [1.82, 2.24) is 10.2 Å². The fourth-order valence-electron chi connectivity index (χ4n) is 4.72. The predicted octanol–water partition coefficient (Wildman–Crippen LogP) is 4.38. The van der Waals surface area contributed by atoms with Gasteiger partial charge in [0.2, 0.25) is 21.8 Å². The van der Waals surface area contributed by atoms with Gasteiger partial charge in [-0.3, -0.25) is 13.9 Å². The molecule has 1 saturated carbocycles. The Morgan fingerprint density at radius 1 is 1.08 bits per heavy atom. The number of hydrogen-bond donors (Lipinski definition) is 1. The lowest BCUT2D eigenvalue weighted by molar-refractivity contribution is -0.141. The van der Waals surface area contributed by atoms with Gasteiger partial charge in [0, 0.05) is 25.6 Å². The molecule has 0 radical (unpaired) electrons. The summed E-state index contributed by atoms with van der Waals surface area (Å²) in [5, 5.41) is 3.37. The molecule has 2 aromatic rings. The Balaban J connectivity index is 1.73. The first kappa shape index (κ1) is 30.6. The molecule has 0 aromatic heterocycles. The maximum atomic E-state index is 13.5. The van der Waals surface area contributed by atoms with E-state index in [-0.39, 0.29) is 48.8 Å². The number of ether oxygens (including phenoxy) is 2. The monoisotopic (exact) mass is 579 g/mol. The quantitative estimate of drug-likeness (QED) is 0.378. The van der Waals surface area contributed by atoms with Crippen molar-refractivity contribution in [2.75, 3.05) is 31.3 Å². The Labute approximate surface area is 236 Å². The van der Waals surface area contributed by atoms with Crippen molar-refractivity contribution in [2.45, 2.75) is 64.1 Å². The van der Waals surface area contributed by atoms with Crippen molar-refractivity contribution in [3.63, 3.8) is 0 Å². The number of sulfonamides is 1. The molecule has 0 bridgehead atoms. The van der Waals surface area contributed by atoms with E-state index in [9.17, 15) is 18.0 Å². The molecular formula is C28H38ClN3O6S. The molecule has 1 aliphatic rings. The lowest BCUT2D eigenvalue weighted by Gasteiger charge is -2.30. The van der Waals surface area contributed by atoms with Gasteiger partial charge in [-0.05, 0) is 62.1 Å². The van der Waals surface area contributed by atoms with Crippen molar-refractivity contribution in [1.29, 1.82) is 0 Å². The largest absolute Gasteiger partial charge is 0.497 e. The molecule has 39 heavy (non-hydrogen) atoms. The lowest BCUT2D eigenvalue weighted by Crippen LogP contribution is -2.49. The summed E-state index contributed by atoms with van der Waals surface area (Å²) in [6, 6.07) is 11.5. The van der Waals surface area contributed by atoms with Crippen LogP contribution >= 0.6 is 11.6 Å². The fraction of sp³-hybridized carbons (Fsp3) is 0.500. The summed E-state index contributed by atoms with van der Waals surface area (Å²) >= 11 is 6.22. The van der Waals surface area contributed by atoms with Crippen LogP contribution in [0.1, 0.15) is 51.0 Å². The Bertz CT molecular complexity index is 1230. The van der Waals surface area contributed by atoms with Crippen LogP contribution in [0.5, 0.6) is 11.5 Å². The molecule has 9 nitrogen and oxygen atoms in total. The van der Waals surface area contributed by atoms with E-state index in [1.165, 1.54) is 17.5 Å². The molecular weight excluding hydrogens is 542 g/mol. The molecule has 0 heterocycles. The van der Waals surface area contributed by atoms with Crippen molar-refractivity contribution in [3.8, 4) is 11.5 Å². The Kier molecular flexibility index (Phi) is 10.9. The standard InChI is InChI=1S/C28H38ClN3O6S/c1-20(28(34)30-22-8-5-6-9-22)31(19-21-11-14-24(37-2)15-12-21)27(33)10-7-17-32(39(4,35)36)23-13-16-26(38-3)25(29)18-23/h11-16,18,20,22H,5-10,17,19H2,1-4H3,(H,30,34)/t20-/m1/s1. The highest BCUT2D eigenvalue weighted by molar-refractivity contribution is 7.92. The SMILES string of the molecule is COc1ccc(CN(C(=O)CCCN(c2ccc(OC)c(Cl)c2)S(C)(=O)=O)[C@H](C)C(=O)NC2CCCC2)cc1. The maximum Gasteiger partial charge on any atom is 0.242 e. The van der Waals surface area contributed by atoms with Gasteiger partial charge in [-0.15, -0.1) is 0 Å². The van der Waals surface area contributed by atoms with E-state index in [2.05, 4.69) is 5.32 Å². The van der Waals surface area contributed by atoms with Crippen LogP contribution in [0.25, 0.3) is 0 Å². The van der Waals surface area contributed by atoms with E-state index in [4.69, 9.17) is 21.1 Å². The van der Waals surface area contributed by atoms with Gasteiger partial charge in [0.15, 0.2) is 0 Å². The summed E-state index contributed by atoms with van der Waals surface area (Å²) in [7, 11) is -0.575. The molecule has 0 aliphatic heterocycles. The molecule has 3 rings (SSSR count). The predicted molar refractivity (Wildman–Crippen MR) is 153 cm³/mol. The van der Waals surface area contributed by atoms with E-state index in [1.807, 2.05) is 24.3 Å². The van der Waals surface area contributed by atoms with Crippen molar-refractivity contribution >= 4 is 39.1 Å². The van der Waals surface area contributed by atoms with Crippen LogP contribution < -0.4 is 19.1 Å². The molecule has 11 heteroatoms. The number of nitrogens with one attached hydrogen (secondary N) is 1. The average molecular weight is 580 g/mol. The third-order valence-corrected chi connectivity index (χ3v) is 8.45. The fourth-order valence-corrected chi connectivity index (χ4v) is 5.93. The first-order valence-electron chi connectivity index (χ1n) is 13.1. The minimum atomic E-state index is -3.64. The molecule has 0 spiro atoms. The van der Waals surface area contributed by atoms with Crippen LogP contribution in [0.3, 0.4) is 0 Å². The Morgan fingerprint density at radius 3 is 2.31 bits per heavy atom. The highest BCUT2D eigenvalue weighted by atomic mass is 35.5. The van der Waals surface area contributed by atoms with Crippen LogP contribution in [0.15, 0.2) is 42.5 Å². The van der Waals surface area contributed by atoms with Crippen molar-refractivity contribution in [3.05, 3.63) is 53.1 Å². The average Bonchev–Trinajstić information content (AvgIpc) is 3.41. The zero-order valence-corrected chi connectivity index (χ0v) is 24.6. The van der Waals surface area contributed by atoms with Crippen molar-refractivity contribution < 1.29 is 27.5 Å². The van der Waals surface area contributed by atoms with Gasteiger partial charge in [0.25, 0.3) is 0 Å². The number of anilines is 1. The molecule has 1 atom stereocenters. The molecule has 2 aromatic carbocycles. The topological polar surface area (TPSA) is 105 Å². The lowest BCUT2D eigenvalue weighted by atomic mass is 10.1. The van der Waals surface area contributed by atoms with Gasteiger partial charge in [-0.1, -0.05) is 36.6 Å². The van der Waals surface area contributed by atoms with Crippen LogP contribution in [0, 0.1) is 0 Å². The number of hydrogen-bond acceptors (Lipinski definition) is 6. The van der Waals surface area contributed by atoms with Gasteiger partial charge in [0.05, 0.1) is 31.2 Å². The minimum Gasteiger partial charge on any atom is -0.497 e. The highest BCUT2D eigenvalue weighted by Gasteiger charge is 2.29. The van der Waals surface area contributed by atoms with E-state index >= 15 is 0 Å². The van der Waals surface area contributed by atoms with E-state index < -0.39 is 16.1 Å². The highest BCUT2D eigenvalue weighted by Crippen LogP contribution is 2.30. The smallest absolute Gasteiger partial charge is 0.242 e. The second kappa shape index (κ2) is 13.9. The maximum absolute atomic E-state index is 13.5. The van der Waals surface area contributed by atoms with E-state index in [1.54, 1.807) is 31.1 Å². The number of halogens is 1. The van der Waals surface area contributed by atoms with Gasteiger partial charge < -0.3 is 19.7 Å². The summed E-state index contributed by atoms with van der Waals surface area (Å²) in [5.41, 5.74) is 1.24.